The van der Waals surface area contributed by atoms with E-state index in [4.69, 9.17) is 5.73 Å². The quantitative estimate of drug-likeness (QED) is 0.685. The van der Waals surface area contributed by atoms with Crippen LogP contribution in [0.25, 0.3) is 0 Å². The molecule has 78 valence electrons. The molecule has 0 aromatic heterocycles. The molecule has 2 heteroatoms. The minimum absolute atomic E-state index is 0.419. The lowest BCUT2D eigenvalue weighted by Gasteiger charge is -2.27. The Balaban J connectivity index is 2.23. The Kier molecular flexibility index (Phi) is 4.20. The molecular formula is C11H24N2. The first-order valence-corrected chi connectivity index (χ1v) is 5.65. The molecule has 1 aliphatic rings. The molecule has 3 N–H and O–H groups in total. The SMILES string of the molecule is CCC(CN)CNC1(C)CCCC1. The molecule has 13 heavy (non-hydrogen) atoms. The van der Waals surface area contributed by atoms with Crippen LogP contribution in [0.4, 0.5) is 0 Å². The zero-order chi connectivity index (χ0) is 9.73. The third kappa shape index (κ3) is 3.28. The molecule has 0 heterocycles. The lowest BCUT2D eigenvalue weighted by molar-refractivity contribution is 0.327. The monoisotopic (exact) mass is 184 g/mol. The number of hydrogen-bond donors (Lipinski definition) is 2. The van der Waals surface area contributed by atoms with Crippen molar-refractivity contribution in [1.82, 2.24) is 5.32 Å². The van der Waals surface area contributed by atoms with Crippen LogP contribution >= 0.6 is 0 Å². The molecule has 1 unspecified atom stereocenters. The molecule has 0 saturated heterocycles. The van der Waals surface area contributed by atoms with E-state index in [1.807, 2.05) is 0 Å². The largest absolute Gasteiger partial charge is 0.330 e. The lowest BCUT2D eigenvalue weighted by atomic mass is 9.98. The van der Waals surface area contributed by atoms with Gasteiger partial charge in [-0.25, -0.2) is 0 Å². The van der Waals surface area contributed by atoms with Gasteiger partial charge in [0.2, 0.25) is 0 Å². The summed E-state index contributed by atoms with van der Waals surface area (Å²) >= 11 is 0. The first kappa shape index (κ1) is 11.0. The van der Waals surface area contributed by atoms with Crippen LogP contribution in [0.3, 0.4) is 0 Å². The summed E-state index contributed by atoms with van der Waals surface area (Å²) in [7, 11) is 0. The van der Waals surface area contributed by atoms with Crippen molar-refractivity contribution in [3.05, 3.63) is 0 Å². The highest BCUT2D eigenvalue weighted by Crippen LogP contribution is 2.28. The van der Waals surface area contributed by atoms with E-state index < -0.39 is 0 Å². The summed E-state index contributed by atoms with van der Waals surface area (Å²) in [6.45, 7) is 6.49. The third-order valence-corrected chi connectivity index (χ3v) is 3.44. The van der Waals surface area contributed by atoms with Gasteiger partial charge in [-0.15, -0.1) is 0 Å². The Bertz CT molecular complexity index is 135. The van der Waals surface area contributed by atoms with E-state index in [-0.39, 0.29) is 0 Å². The van der Waals surface area contributed by atoms with Crippen molar-refractivity contribution in [2.24, 2.45) is 11.7 Å². The van der Waals surface area contributed by atoms with Crippen LogP contribution < -0.4 is 11.1 Å². The molecule has 0 aromatic rings. The van der Waals surface area contributed by atoms with Crippen LogP contribution in [0.1, 0.15) is 46.0 Å². The van der Waals surface area contributed by atoms with Crippen molar-refractivity contribution in [2.75, 3.05) is 13.1 Å². The van der Waals surface area contributed by atoms with Crippen LogP contribution in [0, 0.1) is 5.92 Å². The molecule has 1 atom stereocenters. The predicted octanol–water partition coefficient (Wildman–Crippen LogP) is 1.89. The highest BCUT2D eigenvalue weighted by Gasteiger charge is 2.27. The highest BCUT2D eigenvalue weighted by molar-refractivity contribution is 4.88. The Morgan fingerprint density at radius 3 is 2.46 bits per heavy atom. The van der Waals surface area contributed by atoms with E-state index in [9.17, 15) is 0 Å². The second-order valence-corrected chi connectivity index (χ2v) is 4.66. The molecule has 2 nitrogen and oxygen atoms in total. The van der Waals surface area contributed by atoms with Crippen molar-refractivity contribution in [3.63, 3.8) is 0 Å². The maximum atomic E-state index is 5.67. The van der Waals surface area contributed by atoms with E-state index in [0.717, 1.165) is 13.1 Å². The zero-order valence-electron chi connectivity index (χ0n) is 9.10. The average Bonchev–Trinajstić information content (AvgIpc) is 2.55. The summed E-state index contributed by atoms with van der Waals surface area (Å²) in [6.07, 6.45) is 6.66. The van der Waals surface area contributed by atoms with Gasteiger partial charge in [0.1, 0.15) is 0 Å². The number of nitrogens with one attached hydrogen (secondary N) is 1. The molecular weight excluding hydrogens is 160 g/mol. The van der Waals surface area contributed by atoms with E-state index in [1.54, 1.807) is 0 Å². The number of rotatable bonds is 5. The van der Waals surface area contributed by atoms with Gasteiger partial charge in [0, 0.05) is 5.54 Å². The first-order valence-electron chi connectivity index (χ1n) is 5.65. The Morgan fingerprint density at radius 2 is 2.00 bits per heavy atom. The Morgan fingerprint density at radius 1 is 1.38 bits per heavy atom. The molecule has 0 radical (unpaired) electrons. The van der Waals surface area contributed by atoms with Crippen LogP contribution in [-0.4, -0.2) is 18.6 Å². The molecule has 1 rings (SSSR count). The van der Waals surface area contributed by atoms with Gasteiger partial charge in [0.15, 0.2) is 0 Å². The van der Waals surface area contributed by atoms with Gasteiger partial charge < -0.3 is 11.1 Å². The summed E-state index contributed by atoms with van der Waals surface area (Å²) in [4.78, 5) is 0. The zero-order valence-corrected chi connectivity index (χ0v) is 9.10. The van der Waals surface area contributed by atoms with E-state index in [0.29, 0.717) is 11.5 Å². The smallest absolute Gasteiger partial charge is 0.0153 e. The van der Waals surface area contributed by atoms with Crippen molar-refractivity contribution in [3.8, 4) is 0 Å². The normalized spacial score (nSPS) is 23.3. The van der Waals surface area contributed by atoms with Gasteiger partial charge in [-0.3, -0.25) is 0 Å². The van der Waals surface area contributed by atoms with Gasteiger partial charge >= 0.3 is 0 Å². The van der Waals surface area contributed by atoms with Crippen LogP contribution in [0.15, 0.2) is 0 Å². The predicted molar refractivity (Wildman–Crippen MR) is 57.7 cm³/mol. The Hall–Kier alpha value is -0.0800. The second-order valence-electron chi connectivity index (χ2n) is 4.66. The molecule has 1 fully saturated rings. The van der Waals surface area contributed by atoms with Gasteiger partial charge in [0.25, 0.3) is 0 Å². The van der Waals surface area contributed by atoms with E-state index in [1.165, 1.54) is 32.1 Å². The standard InChI is InChI=1S/C11H24N2/c1-3-10(8-12)9-13-11(2)6-4-5-7-11/h10,13H,3-9,12H2,1-2H3. The highest BCUT2D eigenvalue weighted by atomic mass is 15.0. The van der Waals surface area contributed by atoms with E-state index in [2.05, 4.69) is 19.2 Å². The summed E-state index contributed by atoms with van der Waals surface area (Å²) in [5.74, 6) is 0.664. The fourth-order valence-electron chi connectivity index (χ4n) is 2.12. The van der Waals surface area contributed by atoms with Crippen molar-refractivity contribution in [1.29, 1.82) is 0 Å². The molecule has 1 aliphatic carbocycles. The molecule has 0 aliphatic heterocycles. The minimum atomic E-state index is 0.419. The topological polar surface area (TPSA) is 38.0 Å². The Labute approximate surface area is 82.3 Å². The van der Waals surface area contributed by atoms with Gasteiger partial charge in [-0.2, -0.15) is 0 Å². The maximum Gasteiger partial charge on any atom is 0.0153 e. The molecule has 1 saturated carbocycles. The van der Waals surface area contributed by atoms with Gasteiger partial charge in [-0.1, -0.05) is 26.2 Å². The van der Waals surface area contributed by atoms with Crippen molar-refractivity contribution in [2.45, 2.75) is 51.5 Å². The second kappa shape index (κ2) is 4.97. The maximum absolute atomic E-state index is 5.67. The molecule has 0 amide bonds. The van der Waals surface area contributed by atoms with Gasteiger partial charge in [-0.05, 0) is 38.8 Å². The minimum Gasteiger partial charge on any atom is -0.330 e. The first-order chi connectivity index (χ1) is 6.20. The molecule has 0 bridgehead atoms. The number of nitrogens with two attached hydrogens (primary N) is 1. The van der Waals surface area contributed by atoms with Crippen molar-refractivity contribution < 1.29 is 0 Å². The van der Waals surface area contributed by atoms with Gasteiger partial charge in [0.05, 0.1) is 0 Å². The molecule has 0 spiro atoms. The fourth-order valence-corrected chi connectivity index (χ4v) is 2.12. The van der Waals surface area contributed by atoms with Crippen LogP contribution in [0.5, 0.6) is 0 Å². The average molecular weight is 184 g/mol. The van der Waals surface area contributed by atoms with Crippen LogP contribution in [-0.2, 0) is 0 Å². The summed E-state index contributed by atoms with van der Waals surface area (Å²) in [6, 6.07) is 0. The van der Waals surface area contributed by atoms with Crippen molar-refractivity contribution >= 4 is 0 Å². The van der Waals surface area contributed by atoms with Crippen LogP contribution in [0.2, 0.25) is 0 Å². The van der Waals surface area contributed by atoms with E-state index >= 15 is 0 Å². The number of hydrogen-bond acceptors (Lipinski definition) is 2. The molecule has 0 aromatic carbocycles. The fraction of sp³-hybridized carbons (Fsp3) is 1.00. The summed E-state index contributed by atoms with van der Waals surface area (Å²) < 4.78 is 0. The lowest BCUT2D eigenvalue weighted by Crippen LogP contribution is -2.43. The summed E-state index contributed by atoms with van der Waals surface area (Å²) in [5.41, 5.74) is 6.09. The third-order valence-electron chi connectivity index (χ3n) is 3.44. The summed E-state index contributed by atoms with van der Waals surface area (Å²) in [5, 5.41) is 3.68.